The number of non-ortho nitro benzene ring substituents is 1. The molecule has 0 aliphatic heterocycles. The number of nitrogens with zero attached hydrogens (tertiary/aromatic N) is 1. The van der Waals surface area contributed by atoms with E-state index in [1.54, 1.807) is 6.26 Å². The van der Waals surface area contributed by atoms with Crippen LogP contribution in [-0.2, 0) is 14.8 Å². The zero-order valence-electron chi connectivity index (χ0n) is 11.1. The van der Waals surface area contributed by atoms with E-state index in [-0.39, 0.29) is 17.0 Å². The zero-order valence-corrected chi connectivity index (χ0v) is 12.7. The predicted octanol–water partition coefficient (Wildman–Crippen LogP) is 1.08. The van der Waals surface area contributed by atoms with Gasteiger partial charge in [-0.1, -0.05) is 0 Å². The normalized spacial score (nSPS) is 12.8. The molecule has 1 rings (SSSR count). The summed E-state index contributed by atoms with van der Waals surface area (Å²) < 4.78 is 26.2. The van der Waals surface area contributed by atoms with Gasteiger partial charge in [0, 0.05) is 12.1 Å². The summed E-state index contributed by atoms with van der Waals surface area (Å²) in [6, 6.07) is 2.98. The molecule has 1 aromatic rings. The van der Waals surface area contributed by atoms with Crippen LogP contribution in [0.3, 0.4) is 0 Å². The molecule has 0 spiro atoms. The Labute approximate surface area is 125 Å². The lowest BCUT2D eigenvalue weighted by Crippen LogP contribution is -2.41. The van der Waals surface area contributed by atoms with Crippen molar-refractivity contribution in [1.82, 2.24) is 4.72 Å². The Kier molecular flexibility index (Phi) is 6.12. The monoisotopic (exact) mass is 334 g/mol. The van der Waals surface area contributed by atoms with Crippen LogP contribution in [0.25, 0.3) is 0 Å². The standard InChI is InChI=1S/C11H14N2O6S2/c1-20-7-6-10(11(14)15)12-21(18,19)9-4-2-8(3-5-9)13(16)17/h2-5,10,12H,6-7H2,1H3,(H,14,15)/t10-/m1/s1. The van der Waals surface area contributed by atoms with Gasteiger partial charge in [-0.15, -0.1) is 0 Å². The lowest BCUT2D eigenvalue weighted by atomic mass is 10.2. The average Bonchev–Trinajstić information content (AvgIpc) is 2.43. The van der Waals surface area contributed by atoms with Gasteiger partial charge in [0.1, 0.15) is 6.04 Å². The van der Waals surface area contributed by atoms with E-state index in [9.17, 15) is 23.3 Å². The number of hydrogen-bond donors (Lipinski definition) is 2. The third-order valence-corrected chi connectivity index (χ3v) is 4.70. The summed E-state index contributed by atoms with van der Waals surface area (Å²) in [7, 11) is -4.04. The molecule has 0 saturated heterocycles. The van der Waals surface area contributed by atoms with Crippen LogP contribution in [0.2, 0.25) is 0 Å². The second kappa shape index (κ2) is 7.38. The molecule has 2 N–H and O–H groups in total. The highest BCUT2D eigenvalue weighted by Gasteiger charge is 2.25. The molecular weight excluding hydrogens is 320 g/mol. The van der Waals surface area contributed by atoms with Crippen LogP contribution in [0, 0.1) is 10.1 Å². The summed E-state index contributed by atoms with van der Waals surface area (Å²) in [5, 5.41) is 19.5. The van der Waals surface area contributed by atoms with E-state index in [2.05, 4.69) is 4.72 Å². The van der Waals surface area contributed by atoms with Crippen LogP contribution in [0.5, 0.6) is 0 Å². The molecule has 0 aliphatic carbocycles. The molecule has 8 nitrogen and oxygen atoms in total. The van der Waals surface area contributed by atoms with Crippen molar-refractivity contribution in [3.05, 3.63) is 34.4 Å². The fraction of sp³-hybridized carbons (Fsp3) is 0.364. The third-order valence-electron chi connectivity index (χ3n) is 2.56. The fourth-order valence-corrected chi connectivity index (χ4v) is 3.17. The molecule has 116 valence electrons. The first-order valence-electron chi connectivity index (χ1n) is 5.76. The van der Waals surface area contributed by atoms with Crippen LogP contribution in [0.4, 0.5) is 5.69 Å². The van der Waals surface area contributed by atoms with E-state index in [1.807, 2.05) is 0 Å². The molecule has 1 atom stereocenters. The van der Waals surface area contributed by atoms with Crippen molar-refractivity contribution in [3.63, 3.8) is 0 Å². The second-order valence-corrected chi connectivity index (χ2v) is 6.74. The van der Waals surface area contributed by atoms with E-state index >= 15 is 0 Å². The molecule has 1 aromatic carbocycles. The molecule has 0 bridgehead atoms. The Morgan fingerprint density at radius 3 is 2.43 bits per heavy atom. The van der Waals surface area contributed by atoms with Crippen LogP contribution in [-0.4, -0.2) is 42.5 Å². The van der Waals surface area contributed by atoms with Gasteiger partial charge in [0.15, 0.2) is 0 Å². The van der Waals surface area contributed by atoms with E-state index < -0.39 is 27.0 Å². The van der Waals surface area contributed by atoms with Gasteiger partial charge in [-0.2, -0.15) is 16.5 Å². The largest absolute Gasteiger partial charge is 0.480 e. The molecule has 0 amide bonds. The molecule has 0 unspecified atom stereocenters. The lowest BCUT2D eigenvalue weighted by Gasteiger charge is -2.14. The van der Waals surface area contributed by atoms with Gasteiger partial charge in [0.25, 0.3) is 5.69 Å². The fourth-order valence-electron chi connectivity index (χ4n) is 1.47. The van der Waals surface area contributed by atoms with Gasteiger partial charge in [-0.3, -0.25) is 14.9 Å². The molecule has 0 heterocycles. The number of rotatable bonds is 8. The van der Waals surface area contributed by atoms with E-state index in [4.69, 9.17) is 5.11 Å². The summed E-state index contributed by atoms with van der Waals surface area (Å²) >= 11 is 1.40. The molecule has 0 aliphatic rings. The number of benzene rings is 1. The van der Waals surface area contributed by atoms with Crippen LogP contribution in [0.1, 0.15) is 6.42 Å². The number of sulfonamides is 1. The summed E-state index contributed by atoms with van der Waals surface area (Å²) in [6.07, 6.45) is 1.92. The summed E-state index contributed by atoms with van der Waals surface area (Å²) in [5.41, 5.74) is -0.244. The lowest BCUT2D eigenvalue weighted by molar-refractivity contribution is -0.384. The van der Waals surface area contributed by atoms with Crippen molar-refractivity contribution in [2.75, 3.05) is 12.0 Å². The number of thioether (sulfide) groups is 1. The van der Waals surface area contributed by atoms with Gasteiger partial charge < -0.3 is 5.11 Å². The topological polar surface area (TPSA) is 127 Å². The minimum absolute atomic E-state index is 0.142. The minimum atomic E-state index is -4.04. The van der Waals surface area contributed by atoms with Gasteiger partial charge in [-0.05, 0) is 30.6 Å². The van der Waals surface area contributed by atoms with Crippen molar-refractivity contribution in [2.45, 2.75) is 17.4 Å². The van der Waals surface area contributed by atoms with Gasteiger partial charge in [0.2, 0.25) is 10.0 Å². The Morgan fingerprint density at radius 1 is 1.43 bits per heavy atom. The molecule has 21 heavy (non-hydrogen) atoms. The number of carboxylic acid groups (broad SMARTS) is 1. The smallest absolute Gasteiger partial charge is 0.321 e. The summed E-state index contributed by atoms with van der Waals surface area (Å²) in [5.74, 6) is -0.783. The van der Waals surface area contributed by atoms with Crippen LogP contribution in [0.15, 0.2) is 29.2 Å². The van der Waals surface area contributed by atoms with Crippen molar-refractivity contribution in [2.24, 2.45) is 0 Å². The Balaban J connectivity index is 2.93. The van der Waals surface area contributed by atoms with E-state index in [0.29, 0.717) is 5.75 Å². The van der Waals surface area contributed by atoms with Crippen molar-refractivity contribution in [1.29, 1.82) is 0 Å². The summed E-state index contributed by atoms with van der Waals surface area (Å²) in [6.45, 7) is 0. The molecule has 0 fully saturated rings. The van der Waals surface area contributed by atoms with Crippen LogP contribution >= 0.6 is 11.8 Å². The highest BCUT2D eigenvalue weighted by molar-refractivity contribution is 7.98. The first kappa shape index (κ1) is 17.4. The third kappa shape index (κ3) is 4.99. The highest BCUT2D eigenvalue weighted by Crippen LogP contribution is 2.16. The molecular formula is C11H14N2O6S2. The SMILES string of the molecule is CSCC[C@@H](NS(=O)(=O)c1ccc([N+](=O)[O-])cc1)C(=O)O. The maximum Gasteiger partial charge on any atom is 0.321 e. The quantitative estimate of drug-likeness (QED) is 0.538. The second-order valence-electron chi connectivity index (χ2n) is 4.04. The first-order valence-corrected chi connectivity index (χ1v) is 8.64. The molecule has 0 radical (unpaired) electrons. The van der Waals surface area contributed by atoms with Crippen molar-refractivity contribution < 1.29 is 23.2 Å². The number of nitro benzene ring substituents is 1. The zero-order chi connectivity index (χ0) is 16.0. The average molecular weight is 334 g/mol. The van der Waals surface area contributed by atoms with Crippen LogP contribution < -0.4 is 4.72 Å². The Hall–Kier alpha value is -1.65. The van der Waals surface area contributed by atoms with Gasteiger partial charge >= 0.3 is 5.97 Å². The number of aliphatic carboxylic acids is 1. The number of nitro groups is 1. The van der Waals surface area contributed by atoms with E-state index in [0.717, 1.165) is 24.3 Å². The molecule has 0 aromatic heterocycles. The molecule has 0 saturated carbocycles. The van der Waals surface area contributed by atoms with E-state index in [1.165, 1.54) is 11.8 Å². The van der Waals surface area contributed by atoms with Crippen molar-refractivity contribution >= 4 is 33.4 Å². The number of carboxylic acids is 1. The van der Waals surface area contributed by atoms with Crippen molar-refractivity contribution in [3.8, 4) is 0 Å². The Bertz CT molecular complexity index is 614. The summed E-state index contributed by atoms with van der Waals surface area (Å²) in [4.78, 5) is 20.7. The maximum atomic E-state index is 12.0. The minimum Gasteiger partial charge on any atom is -0.480 e. The van der Waals surface area contributed by atoms with Gasteiger partial charge in [0.05, 0.1) is 9.82 Å². The number of carbonyl (C=O) groups is 1. The number of nitrogens with one attached hydrogen (secondary N) is 1. The molecule has 10 heteroatoms. The number of hydrogen-bond acceptors (Lipinski definition) is 6. The predicted molar refractivity (Wildman–Crippen MR) is 77.8 cm³/mol. The Morgan fingerprint density at radius 2 is 2.00 bits per heavy atom. The first-order chi connectivity index (χ1) is 9.77. The maximum absolute atomic E-state index is 12.0. The highest BCUT2D eigenvalue weighted by atomic mass is 32.2. The van der Waals surface area contributed by atoms with Gasteiger partial charge in [-0.25, -0.2) is 8.42 Å².